The number of ether oxygens (including phenoxy) is 1. The van der Waals surface area contributed by atoms with Crippen LogP contribution in [0.4, 0.5) is 10.5 Å². The van der Waals surface area contributed by atoms with Crippen LogP contribution >= 0.6 is 15.9 Å². The van der Waals surface area contributed by atoms with Gasteiger partial charge in [0.25, 0.3) is 0 Å². The fraction of sp³-hybridized carbons (Fsp3) is 0.381. The van der Waals surface area contributed by atoms with Gasteiger partial charge in [-0.25, -0.2) is 4.79 Å². The van der Waals surface area contributed by atoms with Crippen LogP contribution in [0.2, 0.25) is 0 Å². The Bertz CT molecular complexity index is 772. The smallest absolute Gasteiger partial charge is 0.325 e. The molecular weight excluding hydrogens is 392 g/mol. The summed E-state index contributed by atoms with van der Waals surface area (Å²) in [6, 6.07) is 16.0. The van der Waals surface area contributed by atoms with Crippen molar-refractivity contribution in [3.05, 3.63) is 58.6 Å². The molecule has 1 saturated heterocycles. The third kappa shape index (κ3) is 3.58. The molecule has 0 bridgehead atoms. The van der Waals surface area contributed by atoms with Crippen molar-refractivity contribution in [2.45, 2.75) is 38.8 Å². The van der Waals surface area contributed by atoms with Gasteiger partial charge < -0.3 is 9.64 Å². The van der Waals surface area contributed by atoms with Crippen molar-refractivity contribution in [1.29, 1.82) is 0 Å². The number of hydrogen-bond donors (Lipinski definition) is 0. The van der Waals surface area contributed by atoms with Crippen LogP contribution in [0.5, 0.6) is 5.75 Å². The number of benzene rings is 2. The van der Waals surface area contributed by atoms with E-state index in [1.807, 2.05) is 72.2 Å². The van der Waals surface area contributed by atoms with Gasteiger partial charge in [0.05, 0.1) is 19.2 Å². The molecule has 1 heterocycles. The van der Waals surface area contributed by atoms with Crippen LogP contribution in [-0.2, 0) is 6.54 Å². The van der Waals surface area contributed by atoms with Crippen molar-refractivity contribution < 1.29 is 9.53 Å². The van der Waals surface area contributed by atoms with Gasteiger partial charge >= 0.3 is 6.03 Å². The molecule has 0 N–H and O–H groups in total. The minimum Gasteiger partial charge on any atom is -0.497 e. The summed E-state index contributed by atoms with van der Waals surface area (Å²) in [6.07, 6.45) is 2.16. The van der Waals surface area contributed by atoms with Crippen LogP contribution in [0, 0.1) is 0 Å². The molecule has 1 spiro atoms. The molecule has 5 heteroatoms. The van der Waals surface area contributed by atoms with E-state index in [1.165, 1.54) is 0 Å². The van der Waals surface area contributed by atoms with Gasteiger partial charge in [-0.1, -0.05) is 41.9 Å². The van der Waals surface area contributed by atoms with Gasteiger partial charge in [-0.05, 0) is 54.8 Å². The maximum absolute atomic E-state index is 13.0. The van der Waals surface area contributed by atoms with Crippen molar-refractivity contribution in [1.82, 2.24) is 4.90 Å². The molecule has 4 rings (SSSR count). The van der Waals surface area contributed by atoms with Crippen LogP contribution in [0.15, 0.2) is 53.0 Å². The number of urea groups is 1. The number of carbonyl (C=O) groups is 1. The minimum absolute atomic E-state index is 0.00718. The second-order valence-corrected chi connectivity index (χ2v) is 7.42. The first-order valence-electron chi connectivity index (χ1n) is 9.09. The number of hydrogen-bond acceptors (Lipinski definition) is 2. The first-order chi connectivity index (χ1) is 12.6. The molecule has 0 unspecified atom stereocenters. The zero-order valence-electron chi connectivity index (χ0n) is 15.5. The third-order valence-corrected chi connectivity index (χ3v) is 5.46. The molecule has 0 aromatic heterocycles. The molecule has 1 saturated carbocycles. The fourth-order valence-corrected chi connectivity index (χ4v) is 3.64. The second kappa shape index (κ2) is 7.70. The Labute approximate surface area is 163 Å². The molecule has 2 amide bonds. The number of nitrogens with zero attached hydrogens (tertiary/aromatic N) is 2. The predicted octanol–water partition coefficient (Wildman–Crippen LogP) is 5.46. The van der Waals surface area contributed by atoms with E-state index in [9.17, 15) is 4.79 Å². The molecule has 2 fully saturated rings. The molecule has 1 aliphatic heterocycles. The van der Waals surface area contributed by atoms with E-state index in [4.69, 9.17) is 4.74 Å². The lowest BCUT2D eigenvalue weighted by Crippen LogP contribution is -2.35. The number of carbonyl (C=O) groups excluding carboxylic acids is 1. The first kappa shape index (κ1) is 18.8. The SMILES string of the molecule is CC.COc1cccc(CN2C(=O)N(c3ccc(Br)cc3)CC23CC3)c1. The number of amides is 2. The molecule has 2 aliphatic rings. The van der Waals surface area contributed by atoms with Crippen molar-refractivity contribution in [3.63, 3.8) is 0 Å². The zero-order valence-corrected chi connectivity index (χ0v) is 17.1. The molecule has 138 valence electrons. The Morgan fingerprint density at radius 2 is 1.81 bits per heavy atom. The summed E-state index contributed by atoms with van der Waals surface area (Å²) in [5.41, 5.74) is 2.07. The topological polar surface area (TPSA) is 32.8 Å². The highest BCUT2D eigenvalue weighted by atomic mass is 79.9. The Hall–Kier alpha value is -2.01. The van der Waals surface area contributed by atoms with Crippen LogP contribution in [0.3, 0.4) is 0 Å². The van der Waals surface area contributed by atoms with E-state index in [0.717, 1.165) is 40.9 Å². The highest BCUT2D eigenvalue weighted by Crippen LogP contribution is 2.48. The predicted molar refractivity (Wildman–Crippen MR) is 109 cm³/mol. The molecule has 26 heavy (non-hydrogen) atoms. The highest BCUT2D eigenvalue weighted by Gasteiger charge is 2.57. The lowest BCUT2D eigenvalue weighted by Gasteiger charge is -2.23. The summed E-state index contributed by atoms with van der Waals surface area (Å²) >= 11 is 3.45. The molecule has 0 radical (unpaired) electrons. The molecular formula is C21H25BrN2O2. The molecule has 4 nitrogen and oxygen atoms in total. The molecule has 2 aromatic carbocycles. The average Bonchev–Trinajstić information content (AvgIpc) is 3.41. The summed E-state index contributed by atoms with van der Waals surface area (Å²) in [5.74, 6) is 0.828. The van der Waals surface area contributed by atoms with Crippen molar-refractivity contribution >= 4 is 27.6 Å². The first-order valence-corrected chi connectivity index (χ1v) is 9.88. The monoisotopic (exact) mass is 416 g/mol. The number of rotatable bonds is 4. The Morgan fingerprint density at radius 3 is 2.42 bits per heavy atom. The average molecular weight is 417 g/mol. The molecule has 1 aliphatic carbocycles. The quantitative estimate of drug-likeness (QED) is 0.662. The van der Waals surface area contributed by atoms with E-state index in [2.05, 4.69) is 15.9 Å². The fourth-order valence-electron chi connectivity index (χ4n) is 3.38. The summed E-state index contributed by atoms with van der Waals surface area (Å²) in [6.45, 7) is 5.40. The van der Waals surface area contributed by atoms with Gasteiger partial charge in [0.2, 0.25) is 0 Å². The molecule has 2 aromatic rings. The van der Waals surface area contributed by atoms with Crippen LogP contribution in [-0.4, -0.2) is 30.1 Å². The standard InChI is InChI=1S/C19H19BrN2O2.C2H6/c1-24-17-4-2-3-14(11-17)12-22-18(23)21(13-19(22)9-10-19)16-7-5-15(20)6-8-16;1-2/h2-8,11H,9-10,12-13H2,1H3;1-2H3. The summed E-state index contributed by atoms with van der Waals surface area (Å²) in [5, 5.41) is 0. The van der Waals surface area contributed by atoms with Crippen molar-refractivity contribution in [3.8, 4) is 5.75 Å². The van der Waals surface area contributed by atoms with Crippen molar-refractivity contribution in [2.24, 2.45) is 0 Å². The summed E-state index contributed by atoms with van der Waals surface area (Å²) < 4.78 is 6.32. The summed E-state index contributed by atoms with van der Waals surface area (Å²) in [4.78, 5) is 16.9. The normalized spacial score (nSPS) is 17.2. The Kier molecular flexibility index (Phi) is 5.56. The van der Waals surface area contributed by atoms with E-state index >= 15 is 0 Å². The van der Waals surface area contributed by atoms with Gasteiger partial charge in [0, 0.05) is 16.7 Å². The maximum atomic E-state index is 13.0. The number of halogens is 1. The Balaban J connectivity index is 0.000000948. The van der Waals surface area contributed by atoms with Gasteiger partial charge in [-0.3, -0.25) is 4.90 Å². The molecule has 0 atom stereocenters. The lowest BCUT2D eigenvalue weighted by atomic mass is 10.1. The van der Waals surface area contributed by atoms with Crippen molar-refractivity contribution in [2.75, 3.05) is 18.6 Å². The van der Waals surface area contributed by atoms with Crippen LogP contribution in [0.25, 0.3) is 0 Å². The number of anilines is 1. The van der Waals surface area contributed by atoms with Gasteiger partial charge in [0.1, 0.15) is 5.75 Å². The van der Waals surface area contributed by atoms with Crippen LogP contribution in [0.1, 0.15) is 32.3 Å². The summed E-state index contributed by atoms with van der Waals surface area (Å²) in [7, 11) is 1.66. The minimum atomic E-state index is 0.00718. The second-order valence-electron chi connectivity index (χ2n) is 6.51. The van der Waals surface area contributed by atoms with Gasteiger partial charge in [-0.15, -0.1) is 0 Å². The van der Waals surface area contributed by atoms with E-state index in [1.54, 1.807) is 7.11 Å². The van der Waals surface area contributed by atoms with E-state index < -0.39 is 0 Å². The highest BCUT2D eigenvalue weighted by molar-refractivity contribution is 9.10. The number of methoxy groups -OCH3 is 1. The van der Waals surface area contributed by atoms with Gasteiger partial charge in [0.15, 0.2) is 0 Å². The lowest BCUT2D eigenvalue weighted by molar-refractivity contribution is 0.197. The third-order valence-electron chi connectivity index (χ3n) is 4.93. The zero-order chi connectivity index (χ0) is 18.7. The Morgan fingerprint density at radius 1 is 1.12 bits per heavy atom. The van der Waals surface area contributed by atoms with Crippen LogP contribution < -0.4 is 9.64 Å². The maximum Gasteiger partial charge on any atom is 0.325 e. The largest absolute Gasteiger partial charge is 0.497 e. The van der Waals surface area contributed by atoms with E-state index in [-0.39, 0.29) is 11.6 Å². The van der Waals surface area contributed by atoms with E-state index in [0.29, 0.717) is 6.54 Å². The van der Waals surface area contributed by atoms with Gasteiger partial charge in [-0.2, -0.15) is 0 Å².